The van der Waals surface area contributed by atoms with Gasteiger partial charge in [0.05, 0.1) is 22.6 Å². The van der Waals surface area contributed by atoms with Crippen LogP contribution in [0, 0.1) is 0 Å². The molecule has 0 spiro atoms. The maximum absolute atomic E-state index is 12.6. The number of nitrogens with one attached hydrogen (secondary N) is 1. The third kappa shape index (κ3) is 2.78. The van der Waals surface area contributed by atoms with Gasteiger partial charge in [0.1, 0.15) is 0 Å². The van der Waals surface area contributed by atoms with Crippen molar-refractivity contribution in [2.45, 2.75) is 12.8 Å². The zero-order chi connectivity index (χ0) is 17.4. The number of carbonyl (C=O) groups is 1. The maximum Gasteiger partial charge on any atom is 0.328 e. The Labute approximate surface area is 148 Å². The van der Waals surface area contributed by atoms with E-state index in [1.807, 2.05) is 49.4 Å². The SMILES string of the molecule is C[C@@H](C(=O)Nc1cc2c(cc1Br)n(C)c(=O)n2C)c1ccccc1. The van der Waals surface area contributed by atoms with Gasteiger partial charge in [0.15, 0.2) is 0 Å². The van der Waals surface area contributed by atoms with Crippen LogP contribution in [0.25, 0.3) is 11.0 Å². The van der Waals surface area contributed by atoms with Crippen LogP contribution in [0.15, 0.2) is 51.7 Å². The van der Waals surface area contributed by atoms with Gasteiger partial charge in [0.2, 0.25) is 5.91 Å². The molecule has 3 aromatic rings. The van der Waals surface area contributed by atoms with E-state index < -0.39 is 0 Å². The van der Waals surface area contributed by atoms with Crippen molar-refractivity contribution >= 4 is 38.6 Å². The van der Waals surface area contributed by atoms with Gasteiger partial charge in [0.25, 0.3) is 0 Å². The molecule has 0 unspecified atom stereocenters. The van der Waals surface area contributed by atoms with Crippen molar-refractivity contribution in [3.05, 3.63) is 63.0 Å². The summed E-state index contributed by atoms with van der Waals surface area (Å²) in [4.78, 5) is 24.6. The van der Waals surface area contributed by atoms with Gasteiger partial charge in [-0.2, -0.15) is 0 Å². The molecule has 0 saturated heterocycles. The Hall–Kier alpha value is -2.34. The number of aryl methyl sites for hydroxylation is 2. The molecule has 3 rings (SSSR count). The molecule has 1 heterocycles. The number of aromatic nitrogens is 2. The number of rotatable bonds is 3. The Bertz CT molecular complexity index is 973. The lowest BCUT2D eigenvalue weighted by atomic mass is 10.0. The summed E-state index contributed by atoms with van der Waals surface area (Å²) in [5.74, 6) is -0.365. The van der Waals surface area contributed by atoms with Crippen LogP contribution in [0.4, 0.5) is 5.69 Å². The van der Waals surface area contributed by atoms with Crippen LogP contribution in [0.3, 0.4) is 0 Å². The van der Waals surface area contributed by atoms with Gasteiger partial charge in [-0.15, -0.1) is 0 Å². The van der Waals surface area contributed by atoms with E-state index in [9.17, 15) is 9.59 Å². The van der Waals surface area contributed by atoms with Gasteiger partial charge in [-0.1, -0.05) is 30.3 Å². The molecule has 1 atom stereocenters. The third-order valence-corrected chi connectivity index (χ3v) is 4.97. The number of benzene rings is 2. The molecule has 0 radical (unpaired) electrons. The molecule has 0 fully saturated rings. The second kappa shape index (κ2) is 6.28. The van der Waals surface area contributed by atoms with E-state index >= 15 is 0 Å². The zero-order valence-electron chi connectivity index (χ0n) is 13.7. The van der Waals surface area contributed by atoms with E-state index in [1.165, 1.54) is 0 Å². The smallest absolute Gasteiger partial charge is 0.324 e. The van der Waals surface area contributed by atoms with Crippen LogP contribution >= 0.6 is 15.9 Å². The number of hydrogen-bond donors (Lipinski definition) is 1. The summed E-state index contributed by atoms with van der Waals surface area (Å²) in [5, 5.41) is 2.95. The molecule has 0 aliphatic heterocycles. The zero-order valence-corrected chi connectivity index (χ0v) is 15.3. The molecule has 2 aromatic carbocycles. The summed E-state index contributed by atoms with van der Waals surface area (Å²) >= 11 is 3.48. The minimum atomic E-state index is -0.270. The molecule has 0 saturated carbocycles. The van der Waals surface area contributed by atoms with Crippen molar-refractivity contribution in [2.75, 3.05) is 5.32 Å². The van der Waals surface area contributed by atoms with Crippen LogP contribution in [-0.4, -0.2) is 15.0 Å². The number of amides is 1. The monoisotopic (exact) mass is 387 g/mol. The second-order valence-electron chi connectivity index (χ2n) is 5.84. The molecule has 0 aliphatic carbocycles. The predicted octanol–water partition coefficient (Wildman–Crippen LogP) is 3.38. The average Bonchev–Trinajstić information content (AvgIpc) is 2.79. The average molecular weight is 388 g/mol. The fraction of sp³-hybridized carbons (Fsp3) is 0.222. The molecule has 24 heavy (non-hydrogen) atoms. The highest BCUT2D eigenvalue weighted by atomic mass is 79.9. The molecule has 124 valence electrons. The molecular formula is C18H18BrN3O2. The summed E-state index contributed by atoms with van der Waals surface area (Å²) in [6, 6.07) is 13.3. The molecule has 1 amide bonds. The molecule has 1 aromatic heterocycles. The molecule has 0 bridgehead atoms. The van der Waals surface area contributed by atoms with Crippen molar-refractivity contribution in [1.29, 1.82) is 0 Å². The normalized spacial score (nSPS) is 12.3. The first-order valence-corrected chi connectivity index (χ1v) is 8.40. The van der Waals surface area contributed by atoms with Crippen molar-refractivity contribution in [2.24, 2.45) is 14.1 Å². The molecule has 6 heteroatoms. The summed E-state index contributed by atoms with van der Waals surface area (Å²) in [7, 11) is 3.45. The lowest BCUT2D eigenvalue weighted by Gasteiger charge is -2.14. The van der Waals surface area contributed by atoms with Gasteiger partial charge in [-0.3, -0.25) is 13.9 Å². The van der Waals surface area contributed by atoms with Crippen molar-refractivity contribution < 1.29 is 4.79 Å². The van der Waals surface area contributed by atoms with E-state index in [2.05, 4.69) is 21.2 Å². The molecule has 1 N–H and O–H groups in total. The minimum absolute atomic E-state index is 0.0952. The number of fused-ring (bicyclic) bond motifs is 1. The summed E-state index contributed by atoms with van der Waals surface area (Å²) in [5.41, 5.74) is 3.09. The summed E-state index contributed by atoms with van der Waals surface area (Å²) in [6.07, 6.45) is 0. The lowest BCUT2D eigenvalue weighted by molar-refractivity contribution is -0.117. The van der Waals surface area contributed by atoms with E-state index in [0.717, 1.165) is 21.1 Å². The first-order valence-electron chi connectivity index (χ1n) is 7.61. The fourth-order valence-electron chi connectivity index (χ4n) is 2.75. The van der Waals surface area contributed by atoms with Crippen LogP contribution in [0.1, 0.15) is 18.4 Å². The summed E-state index contributed by atoms with van der Waals surface area (Å²) in [6.45, 7) is 1.87. The van der Waals surface area contributed by atoms with Gasteiger partial charge in [-0.05, 0) is 40.5 Å². The highest BCUT2D eigenvalue weighted by Crippen LogP contribution is 2.29. The Kier molecular flexibility index (Phi) is 4.32. The Balaban J connectivity index is 1.95. The van der Waals surface area contributed by atoms with E-state index in [0.29, 0.717) is 5.69 Å². The van der Waals surface area contributed by atoms with E-state index in [1.54, 1.807) is 23.2 Å². The first-order chi connectivity index (χ1) is 11.4. The van der Waals surface area contributed by atoms with E-state index in [4.69, 9.17) is 0 Å². The van der Waals surface area contributed by atoms with Crippen LogP contribution in [0.2, 0.25) is 0 Å². The van der Waals surface area contributed by atoms with Crippen LogP contribution in [-0.2, 0) is 18.9 Å². The van der Waals surface area contributed by atoms with Gasteiger partial charge >= 0.3 is 5.69 Å². The highest BCUT2D eigenvalue weighted by molar-refractivity contribution is 9.10. The van der Waals surface area contributed by atoms with Crippen molar-refractivity contribution in [3.8, 4) is 0 Å². The fourth-order valence-corrected chi connectivity index (χ4v) is 3.18. The topological polar surface area (TPSA) is 56.0 Å². The van der Waals surface area contributed by atoms with Gasteiger partial charge in [0, 0.05) is 18.6 Å². The number of hydrogen-bond acceptors (Lipinski definition) is 2. The number of carbonyl (C=O) groups excluding carboxylic acids is 1. The second-order valence-corrected chi connectivity index (χ2v) is 6.70. The van der Waals surface area contributed by atoms with Crippen molar-refractivity contribution in [1.82, 2.24) is 9.13 Å². The largest absolute Gasteiger partial charge is 0.328 e. The number of anilines is 1. The minimum Gasteiger partial charge on any atom is -0.324 e. The molecule has 0 aliphatic rings. The third-order valence-electron chi connectivity index (χ3n) is 4.31. The Morgan fingerprint density at radius 3 is 2.29 bits per heavy atom. The van der Waals surface area contributed by atoms with Crippen molar-refractivity contribution in [3.63, 3.8) is 0 Å². The Morgan fingerprint density at radius 2 is 1.67 bits per heavy atom. The highest BCUT2D eigenvalue weighted by Gasteiger charge is 2.18. The Morgan fingerprint density at radius 1 is 1.08 bits per heavy atom. The number of imidazole rings is 1. The summed E-state index contributed by atoms with van der Waals surface area (Å²) < 4.78 is 3.89. The lowest BCUT2D eigenvalue weighted by Crippen LogP contribution is -2.19. The number of nitrogens with zero attached hydrogens (tertiary/aromatic N) is 2. The molecular weight excluding hydrogens is 370 g/mol. The standard InChI is InChI=1S/C18H18BrN3O2/c1-11(12-7-5-4-6-8-12)17(23)20-14-10-16-15(9-13(14)19)21(2)18(24)22(16)3/h4-11H,1-3H3,(H,20,23)/t11-/m1/s1. The first kappa shape index (κ1) is 16.5. The predicted molar refractivity (Wildman–Crippen MR) is 99.3 cm³/mol. The van der Waals surface area contributed by atoms with Crippen LogP contribution in [0.5, 0.6) is 0 Å². The number of halogens is 1. The van der Waals surface area contributed by atoms with Crippen LogP contribution < -0.4 is 11.0 Å². The maximum atomic E-state index is 12.6. The van der Waals surface area contributed by atoms with Gasteiger partial charge in [-0.25, -0.2) is 4.79 Å². The van der Waals surface area contributed by atoms with E-state index in [-0.39, 0.29) is 17.5 Å². The molecule has 5 nitrogen and oxygen atoms in total. The van der Waals surface area contributed by atoms with Gasteiger partial charge < -0.3 is 5.32 Å². The quantitative estimate of drug-likeness (QED) is 0.748.